The molecule has 1 aliphatic heterocycles. The Hall–Kier alpha value is -1.52. The lowest BCUT2D eigenvalue weighted by molar-refractivity contribution is 0.321. The van der Waals surface area contributed by atoms with Crippen LogP contribution in [0, 0.1) is 0 Å². The predicted octanol–water partition coefficient (Wildman–Crippen LogP) is 3.71. The molecule has 0 bridgehead atoms. The number of likely N-dealkylation sites (tertiary alicyclic amines) is 1. The van der Waals surface area contributed by atoms with Crippen LogP contribution in [-0.4, -0.2) is 50.8 Å². The van der Waals surface area contributed by atoms with Gasteiger partial charge in [-0.3, -0.25) is 4.90 Å². The molecule has 6 nitrogen and oxygen atoms in total. The van der Waals surface area contributed by atoms with Crippen molar-refractivity contribution >= 4 is 41.3 Å². The van der Waals surface area contributed by atoms with E-state index in [-0.39, 0.29) is 24.0 Å². The van der Waals surface area contributed by atoms with Gasteiger partial charge in [0.25, 0.3) is 0 Å². The molecule has 1 saturated heterocycles. The number of thiophene rings is 1. The average Bonchev–Trinajstić information content (AvgIpc) is 3.38. The van der Waals surface area contributed by atoms with Gasteiger partial charge in [0.15, 0.2) is 5.96 Å². The van der Waals surface area contributed by atoms with Crippen molar-refractivity contribution in [3.8, 4) is 11.5 Å². The van der Waals surface area contributed by atoms with E-state index in [0.717, 1.165) is 50.1 Å². The Bertz CT molecular complexity index is 748. The molecule has 1 aliphatic rings. The first-order chi connectivity index (χ1) is 13.7. The van der Waals surface area contributed by atoms with Crippen LogP contribution in [0.1, 0.15) is 23.8 Å². The minimum Gasteiger partial charge on any atom is -0.497 e. The van der Waals surface area contributed by atoms with E-state index in [4.69, 9.17) is 14.5 Å². The molecule has 0 aliphatic carbocycles. The summed E-state index contributed by atoms with van der Waals surface area (Å²) in [5, 5.41) is 9.04. The number of methoxy groups -OCH3 is 2. The summed E-state index contributed by atoms with van der Waals surface area (Å²) in [7, 11) is 3.37. The van der Waals surface area contributed by atoms with E-state index in [9.17, 15) is 0 Å². The monoisotopic (exact) mass is 530 g/mol. The summed E-state index contributed by atoms with van der Waals surface area (Å²) < 4.78 is 10.8. The largest absolute Gasteiger partial charge is 0.497 e. The fraction of sp³-hybridized carbons (Fsp3) is 0.476. The first kappa shape index (κ1) is 23.8. The number of hydrogen-bond acceptors (Lipinski definition) is 5. The van der Waals surface area contributed by atoms with Gasteiger partial charge >= 0.3 is 0 Å². The van der Waals surface area contributed by atoms with Crippen LogP contribution < -0.4 is 20.1 Å². The molecule has 1 fully saturated rings. The van der Waals surface area contributed by atoms with Crippen LogP contribution in [0.4, 0.5) is 0 Å². The summed E-state index contributed by atoms with van der Waals surface area (Å²) in [4.78, 5) is 8.46. The lowest BCUT2D eigenvalue weighted by Crippen LogP contribution is -2.44. The SMILES string of the molecule is CCNC(=NCc1cccs1)NC1CCN(Cc2cc(OC)cc(OC)c2)C1.I. The second-order valence-corrected chi connectivity index (χ2v) is 7.89. The second-order valence-electron chi connectivity index (χ2n) is 6.86. The normalized spacial score (nSPS) is 16.9. The maximum absolute atomic E-state index is 5.39. The number of rotatable bonds is 8. The van der Waals surface area contributed by atoms with E-state index in [1.54, 1.807) is 25.6 Å². The fourth-order valence-electron chi connectivity index (χ4n) is 3.38. The van der Waals surface area contributed by atoms with E-state index >= 15 is 0 Å². The van der Waals surface area contributed by atoms with Gasteiger partial charge in [-0.1, -0.05) is 6.07 Å². The van der Waals surface area contributed by atoms with Crippen molar-refractivity contribution in [1.82, 2.24) is 15.5 Å². The number of nitrogens with zero attached hydrogens (tertiary/aromatic N) is 2. The van der Waals surface area contributed by atoms with E-state index < -0.39 is 0 Å². The number of hydrogen-bond donors (Lipinski definition) is 2. The topological polar surface area (TPSA) is 58.1 Å². The second kappa shape index (κ2) is 12.2. The minimum absolute atomic E-state index is 0. The first-order valence-corrected chi connectivity index (χ1v) is 10.6. The molecule has 0 amide bonds. The molecule has 1 atom stereocenters. The zero-order chi connectivity index (χ0) is 19.8. The van der Waals surface area contributed by atoms with E-state index in [0.29, 0.717) is 12.6 Å². The lowest BCUT2D eigenvalue weighted by atomic mass is 10.2. The lowest BCUT2D eigenvalue weighted by Gasteiger charge is -2.19. The summed E-state index contributed by atoms with van der Waals surface area (Å²) >= 11 is 1.74. The van der Waals surface area contributed by atoms with Crippen LogP contribution in [0.3, 0.4) is 0 Å². The number of aliphatic imine (C=N–C) groups is 1. The Kier molecular flexibility index (Phi) is 10.0. The summed E-state index contributed by atoms with van der Waals surface area (Å²) in [6.07, 6.45) is 1.10. The van der Waals surface area contributed by atoms with Crippen molar-refractivity contribution in [2.24, 2.45) is 4.99 Å². The molecule has 2 N–H and O–H groups in total. The van der Waals surface area contributed by atoms with Gasteiger partial charge in [-0.2, -0.15) is 0 Å². The highest BCUT2D eigenvalue weighted by Gasteiger charge is 2.23. The third kappa shape index (κ3) is 7.35. The van der Waals surface area contributed by atoms with Crippen molar-refractivity contribution in [2.75, 3.05) is 33.9 Å². The zero-order valence-electron chi connectivity index (χ0n) is 17.3. The van der Waals surface area contributed by atoms with Crippen molar-refractivity contribution in [3.05, 3.63) is 46.2 Å². The van der Waals surface area contributed by atoms with Crippen molar-refractivity contribution in [1.29, 1.82) is 0 Å². The molecule has 0 radical (unpaired) electrons. The molecule has 1 unspecified atom stereocenters. The number of benzene rings is 1. The Morgan fingerprint density at radius 2 is 2.00 bits per heavy atom. The number of nitrogens with one attached hydrogen (secondary N) is 2. The Balaban J connectivity index is 0.00000300. The van der Waals surface area contributed by atoms with Crippen molar-refractivity contribution in [2.45, 2.75) is 32.5 Å². The van der Waals surface area contributed by atoms with Gasteiger partial charge in [-0.25, -0.2) is 4.99 Å². The maximum atomic E-state index is 5.39. The highest BCUT2D eigenvalue weighted by molar-refractivity contribution is 14.0. The first-order valence-electron chi connectivity index (χ1n) is 9.71. The molecule has 2 heterocycles. The van der Waals surface area contributed by atoms with Crippen LogP contribution >= 0.6 is 35.3 Å². The van der Waals surface area contributed by atoms with E-state index in [2.05, 4.69) is 52.1 Å². The molecule has 2 aromatic rings. The molecular weight excluding hydrogens is 499 g/mol. The molecule has 8 heteroatoms. The molecule has 160 valence electrons. The summed E-state index contributed by atoms with van der Waals surface area (Å²) in [6, 6.07) is 10.7. The predicted molar refractivity (Wildman–Crippen MR) is 131 cm³/mol. The maximum Gasteiger partial charge on any atom is 0.191 e. The zero-order valence-corrected chi connectivity index (χ0v) is 20.5. The quantitative estimate of drug-likeness (QED) is 0.310. The van der Waals surface area contributed by atoms with Gasteiger partial charge in [0, 0.05) is 43.2 Å². The molecule has 0 spiro atoms. The molecule has 1 aromatic carbocycles. The van der Waals surface area contributed by atoms with Gasteiger partial charge in [-0.05, 0) is 42.5 Å². The molecule has 1 aromatic heterocycles. The number of halogens is 1. The molecule has 0 saturated carbocycles. The van der Waals surface area contributed by atoms with Crippen LogP contribution in [0.15, 0.2) is 40.7 Å². The third-order valence-corrected chi connectivity index (χ3v) is 5.61. The van der Waals surface area contributed by atoms with Crippen LogP contribution in [0.2, 0.25) is 0 Å². The van der Waals surface area contributed by atoms with E-state index in [1.807, 2.05) is 6.07 Å². The van der Waals surface area contributed by atoms with Gasteiger partial charge in [0.1, 0.15) is 11.5 Å². The third-order valence-electron chi connectivity index (χ3n) is 4.75. The van der Waals surface area contributed by atoms with Gasteiger partial charge in [0.05, 0.1) is 20.8 Å². The van der Waals surface area contributed by atoms with Gasteiger partial charge in [0.2, 0.25) is 0 Å². The molecule has 3 rings (SSSR count). The van der Waals surface area contributed by atoms with Crippen molar-refractivity contribution in [3.63, 3.8) is 0 Å². The average molecular weight is 530 g/mol. The summed E-state index contributed by atoms with van der Waals surface area (Å²) in [5.41, 5.74) is 1.20. The highest BCUT2D eigenvalue weighted by atomic mass is 127. The minimum atomic E-state index is 0. The Labute approximate surface area is 194 Å². The fourth-order valence-corrected chi connectivity index (χ4v) is 4.01. The molecular formula is C21H31IN4O2S. The molecule has 29 heavy (non-hydrogen) atoms. The summed E-state index contributed by atoms with van der Waals surface area (Å²) in [5.74, 6) is 2.56. The highest BCUT2D eigenvalue weighted by Crippen LogP contribution is 2.24. The van der Waals surface area contributed by atoms with Gasteiger partial charge in [-0.15, -0.1) is 35.3 Å². The number of guanidine groups is 1. The number of ether oxygens (including phenoxy) is 2. The van der Waals surface area contributed by atoms with Crippen LogP contribution in [0.5, 0.6) is 11.5 Å². The van der Waals surface area contributed by atoms with Crippen LogP contribution in [-0.2, 0) is 13.1 Å². The summed E-state index contributed by atoms with van der Waals surface area (Å²) in [6.45, 7) is 6.60. The van der Waals surface area contributed by atoms with Gasteiger partial charge < -0.3 is 20.1 Å². The standard InChI is InChI=1S/C21H30N4O2S.HI/c1-4-22-21(23-13-20-6-5-9-28-20)24-17-7-8-25(15-17)14-16-10-18(26-2)12-19(11-16)27-3;/h5-6,9-12,17H,4,7-8,13-15H2,1-3H3,(H2,22,23,24);1H. The Morgan fingerprint density at radius 3 is 2.62 bits per heavy atom. The Morgan fingerprint density at radius 1 is 1.24 bits per heavy atom. The van der Waals surface area contributed by atoms with Crippen LogP contribution in [0.25, 0.3) is 0 Å². The van der Waals surface area contributed by atoms with E-state index in [1.165, 1.54) is 10.4 Å². The smallest absolute Gasteiger partial charge is 0.191 e. The van der Waals surface area contributed by atoms with Crippen molar-refractivity contribution < 1.29 is 9.47 Å².